The van der Waals surface area contributed by atoms with Crippen molar-refractivity contribution in [2.45, 2.75) is 0 Å². The van der Waals surface area contributed by atoms with E-state index in [1.807, 2.05) is 97.1 Å². The molecule has 13 nitrogen and oxygen atoms in total. The van der Waals surface area contributed by atoms with Crippen LogP contribution in [0.4, 0.5) is 73.0 Å². The predicted molar refractivity (Wildman–Crippen MR) is 330 cm³/mol. The van der Waals surface area contributed by atoms with E-state index in [9.17, 15) is 4.79 Å². The van der Waals surface area contributed by atoms with Gasteiger partial charge in [-0.15, -0.1) is 0 Å². The summed E-state index contributed by atoms with van der Waals surface area (Å²) in [5.74, 6) is 2.34. The van der Waals surface area contributed by atoms with Gasteiger partial charge in [0.25, 0.3) is 0 Å². The number of carbonyl (C=O) groups is 1. The maximum absolute atomic E-state index is 11.2. The molecule has 79 heavy (non-hydrogen) atoms. The fourth-order valence-corrected chi connectivity index (χ4v) is 11.8. The highest BCUT2D eigenvalue weighted by Gasteiger charge is 2.47. The Morgan fingerprint density at radius 2 is 0.608 bits per heavy atom. The maximum atomic E-state index is 11.2. The first kappa shape index (κ1) is 45.6. The fourth-order valence-electron chi connectivity index (χ4n) is 11.6. The Morgan fingerprint density at radius 3 is 0.987 bits per heavy atom. The number of amides is 2. The first-order chi connectivity index (χ1) is 38.8. The second-order valence-corrected chi connectivity index (χ2v) is 19.8. The average molecular weight is 1040 g/mol. The normalized spacial score (nSPS) is 14.3. The molecule has 0 unspecified atom stereocenters. The largest absolute Gasteiger partial charge is 0.398 e. The van der Waals surface area contributed by atoms with E-state index in [1.165, 1.54) is 5.39 Å². The molecule has 376 valence electrons. The fraction of sp³-hybridized carbons (Fsp3) is 0. The monoisotopic (exact) mass is 1040 g/mol. The zero-order chi connectivity index (χ0) is 52.9. The number of hydrogen-bond donors (Lipinski definition) is 5. The van der Waals surface area contributed by atoms with Crippen LogP contribution < -0.4 is 42.1 Å². The number of nitrogens with zero attached hydrogens (tertiary/aromatic N) is 7. The molecule has 2 amide bonds. The highest BCUT2D eigenvalue weighted by Crippen LogP contribution is 2.50. The van der Waals surface area contributed by atoms with E-state index in [0.29, 0.717) is 5.29 Å². The molecule has 0 radical (unpaired) electrons. The zero-order valence-corrected chi connectivity index (χ0v) is 42.6. The van der Waals surface area contributed by atoms with Gasteiger partial charge in [-0.25, -0.2) is 39.5 Å². The lowest BCUT2D eigenvalue weighted by atomic mass is 10.0. The summed E-state index contributed by atoms with van der Waals surface area (Å²) < 4.78 is 0. The molecule has 0 saturated carbocycles. The molecule has 0 aliphatic carbocycles. The van der Waals surface area contributed by atoms with E-state index < -0.39 is 0 Å². The number of guanidine groups is 3. The second-order valence-electron chi connectivity index (χ2n) is 19.5. The number of benzene rings is 12. The lowest BCUT2D eigenvalue weighted by molar-refractivity contribution is 0.262. The number of amidine groups is 1. The number of halogens is 1. The third kappa shape index (κ3) is 7.36. The Kier molecular flexibility index (Phi) is 10.4. The molecular formula is C65H43ClN12O. The Hall–Kier alpha value is -10.8. The van der Waals surface area contributed by atoms with Gasteiger partial charge in [0.2, 0.25) is 23.2 Å². The van der Waals surface area contributed by atoms with Crippen molar-refractivity contribution in [2.75, 3.05) is 42.1 Å². The minimum Gasteiger partial charge on any atom is -0.398 e. The molecule has 6 aliphatic rings. The van der Waals surface area contributed by atoms with Crippen molar-refractivity contribution in [3.8, 4) is 0 Å². The van der Waals surface area contributed by atoms with Gasteiger partial charge in [-0.2, -0.15) is 0 Å². The van der Waals surface area contributed by atoms with Gasteiger partial charge in [-0.1, -0.05) is 146 Å². The van der Waals surface area contributed by atoms with Crippen LogP contribution in [-0.4, -0.2) is 29.2 Å². The average Bonchev–Trinajstić information content (AvgIpc) is 3.65. The molecule has 1 fully saturated rings. The van der Waals surface area contributed by atoms with Gasteiger partial charge in [0.15, 0.2) is 0 Å². The van der Waals surface area contributed by atoms with Crippen LogP contribution in [-0.2, 0) is 0 Å². The Morgan fingerprint density at radius 1 is 0.316 bits per heavy atom. The molecule has 1 saturated heterocycles. The molecule has 18 rings (SSSR count). The van der Waals surface area contributed by atoms with Crippen LogP contribution in [0.2, 0.25) is 0 Å². The van der Waals surface area contributed by atoms with E-state index in [0.717, 1.165) is 145 Å². The number of nitrogens with two attached hydrogens (primary N) is 2. The number of rotatable bonds is 0. The first-order valence-corrected chi connectivity index (χ1v) is 26.1. The second kappa shape index (κ2) is 17.9. The van der Waals surface area contributed by atoms with E-state index in [-0.39, 0.29) is 6.03 Å². The predicted octanol–water partition coefficient (Wildman–Crippen LogP) is 16.3. The third-order valence-electron chi connectivity index (χ3n) is 14.9. The summed E-state index contributed by atoms with van der Waals surface area (Å²) in [6.45, 7) is 0. The summed E-state index contributed by atoms with van der Waals surface area (Å²) >= 11 is 5.87. The maximum Gasteiger partial charge on any atom is 0.323 e. The molecular weight excluding hydrogens is 1000 g/mol. The number of urea groups is 1. The number of hydrogen-bond acceptors (Lipinski definition) is 11. The third-order valence-corrected chi connectivity index (χ3v) is 15.1. The van der Waals surface area contributed by atoms with Crippen LogP contribution in [0.5, 0.6) is 0 Å². The minimum atomic E-state index is -0.170. The summed E-state index contributed by atoms with van der Waals surface area (Å²) in [6.07, 6.45) is 0. The van der Waals surface area contributed by atoms with Gasteiger partial charge in [-0.3, -0.25) is 0 Å². The molecule has 0 atom stereocenters. The summed E-state index contributed by atoms with van der Waals surface area (Å²) in [6, 6.07) is 73.5. The van der Waals surface area contributed by atoms with Gasteiger partial charge in [0, 0.05) is 43.7 Å². The molecule has 0 bridgehead atoms. The summed E-state index contributed by atoms with van der Waals surface area (Å²) in [7, 11) is 0. The van der Waals surface area contributed by atoms with E-state index in [4.69, 9.17) is 38.0 Å². The van der Waals surface area contributed by atoms with E-state index in [2.05, 4.69) is 157 Å². The van der Waals surface area contributed by atoms with E-state index >= 15 is 0 Å². The molecule has 6 heterocycles. The standard InChI is InChI=1S/C33H18N6.C11H7ClN2.C11H8N2O.C10H10N2/c1-7-19-10-4-16-25-28(19)22(13-1)34-31-37(25)32-35-24-15-3-9-21-12-6-18-27(30(21)24)39(32)33-36-23-14-2-8-20-11-5-17-26(29(20)23)38(31)33;12-11-13-8-5-1-3-7-4-2-6-9(14-11)10(7)8;14-11-12-8-5-1-3-7-4-2-6-9(13-11)10(7)8;11-8-5-1-3-7-4-2-6-9(12)10(7)8/h1-18H;1-6H,(H,13,14);1-6H,(H2,12,13,14);1-6H,11-12H2. The Labute approximate surface area is 456 Å². The lowest BCUT2D eigenvalue weighted by Crippen LogP contribution is -2.67. The van der Waals surface area contributed by atoms with Crippen molar-refractivity contribution in [2.24, 2.45) is 20.0 Å². The number of carbonyl (C=O) groups excluding carboxylic acids is 1. The van der Waals surface area contributed by atoms with Crippen LogP contribution in [0.25, 0.3) is 64.6 Å². The van der Waals surface area contributed by atoms with Crippen molar-refractivity contribution in [3.63, 3.8) is 0 Å². The van der Waals surface area contributed by atoms with Crippen molar-refractivity contribution in [1.29, 1.82) is 0 Å². The number of nitrogens with one attached hydrogen (secondary N) is 3. The van der Waals surface area contributed by atoms with Crippen LogP contribution in [0.3, 0.4) is 0 Å². The summed E-state index contributed by atoms with van der Waals surface area (Å²) in [5, 5.41) is 22.4. The van der Waals surface area contributed by atoms with Crippen LogP contribution in [0, 0.1) is 0 Å². The topological polar surface area (TPSA) is 164 Å². The molecule has 14 heteroatoms. The summed E-state index contributed by atoms with van der Waals surface area (Å²) in [5.41, 5.74) is 22.8. The van der Waals surface area contributed by atoms with Crippen molar-refractivity contribution < 1.29 is 4.79 Å². The zero-order valence-electron chi connectivity index (χ0n) is 41.9. The first-order valence-electron chi connectivity index (χ1n) is 25.7. The van der Waals surface area contributed by atoms with Gasteiger partial charge in [0.1, 0.15) is 0 Å². The molecule has 0 spiro atoms. The van der Waals surface area contributed by atoms with Gasteiger partial charge in [0.05, 0.1) is 56.9 Å². The Balaban J connectivity index is 0.000000110. The van der Waals surface area contributed by atoms with Crippen molar-refractivity contribution >= 4 is 174 Å². The number of aliphatic imine (C=N–C) groups is 4. The molecule has 7 N–H and O–H groups in total. The van der Waals surface area contributed by atoms with Gasteiger partial charge >= 0.3 is 6.03 Å². The van der Waals surface area contributed by atoms with Crippen molar-refractivity contribution in [3.05, 3.63) is 218 Å². The number of fused-ring (bicyclic) bond motifs is 10. The highest BCUT2D eigenvalue weighted by atomic mass is 35.5. The summed E-state index contributed by atoms with van der Waals surface area (Å²) in [4.78, 5) is 38.0. The highest BCUT2D eigenvalue weighted by molar-refractivity contribution is 6.68. The molecule has 6 aliphatic heterocycles. The van der Waals surface area contributed by atoms with Crippen LogP contribution >= 0.6 is 11.6 Å². The van der Waals surface area contributed by atoms with Crippen molar-refractivity contribution in [1.82, 2.24) is 0 Å². The number of nitrogen functional groups attached to an aromatic ring is 2. The SMILES string of the molecule is ClC1=Nc2cccc3cccc(c23)N1.Nc1cccc2cccc(N)c12.O=C1Nc2cccc3cccc(c23)N1.c1cc2c3c(cccc3c1)N1C(=N2)N2C(=Nc3cccc4cccc2c34)N2C1=Nc1cccc3cccc2c13. The quantitative estimate of drug-likeness (QED) is 0.0745. The number of anilines is 8. The van der Waals surface area contributed by atoms with Crippen LogP contribution in [0.15, 0.2) is 238 Å². The molecule has 12 aromatic carbocycles. The minimum absolute atomic E-state index is 0.170. The molecule has 12 aromatic rings. The Bertz CT molecular complexity index is 4390. The van der Waals surface area contributed by atoms with Gasteiger partial charge in [-0.05, 0) is 117 Å². The van der Waals surface area contributed by atoms with Crippen LogP contribution in [0.1, 0.15) is 0 Å². The lowest BCUT2D eigenvalue weighted by Gasteiger charge is -2.49. The van der Waals surface area contributed by atoms with Gasteiger partial charge < -0.3 is 27.4 Å². The molecule has 0 aromatic heterocycles. The van der Waals surface area contributed by atoms with E-state index in [1.54, 1.807) is 0 Å². The smallest absolute Gasteiger partial charge is 0.323 e.